The molecule has 5 heteroatoms. The van der Waals surface area contributed by atoms with Crippen molar-refractivity contribution in [1.82, 2.24) is 14.9 Å². The number of methoxy groups -OCH3 is 1. The first kappa shape index (κ1) is 16.2. The molecule has 1 aromatic heterocycles. The second-order valence-corrected chi connectivity index (χ2v) is 7.21. The number of benzene rings is 1. The van der Waals surface area contributed by atoms with Crippen molar-refractivity contribution in [2.45, 2.75) is 51.0 Å². The maximum Gasteiger partial charge on any atom is 0.223 e. The van der Waals surface area contributed by atoms with Crippen LogP contribution in [-0.4, -0.2) is 40.5 Å². The number of amides is 1. The molecule has 132 valence electrons. The van der Waals surface area contributed by atoms with Crippen LogP contribution < -0.4 is 4.74 Å². The maximum absolute atomic E-state index is 12.4. The van der Waals surface area contributed by atoms with E-state index in [-0.39, 0.29) is 11.8 Å². The van der Waals surface area contributed by atoms with Gasteiger partial charge >= 0.3 is 0 Å². The van der Waals surface area contributed by atoms with Gasteiger partial charge in [-0.2, -0.15) is 0 Å². The first-order valence-electron chi connectivity index (χ1n) is 9.16. The van der Waals surface area contributed by atoms with E-state index in [4.69, 9.17) is 9.72 Å². The van der Waals surface area contributed by atoms with E-state index in [0.29, 0.717) is 12.5 Å². The third-order valence-electron chi connectivity index (χ3n) is 5.58. The first-order chi connectivity index (χ1) is 12.2. The molecule has 1 aromatic carbocycles. The third-order valence-corrected chi connectivity index (χ3v) is 5.58. The largest absolute Gasteiger partial charge is 0.497 e. The number of likely N-dealkylation sites (tertiary alicyclic amines) is 1. The molecular formula is C20H25N3O2. The standard InChI is InChI=1S/C20H25N3O2/c1-13-19(14-7-9-17(25-2)10-8-14)22-20(21-13)15-11-18(24)23(12-15)16-5-3-4-6-16/h7-10,15-16H,3-6,11-12H2,1-2H3,(H,21,22)/t15-/m1/s1. The second kappa shape index (κ2) is 6.54. The van der Waals surface area contributed by atoms with Gasteiger partial charge in [-0.25, -0.2) is 4.98 Å². The van der Waals surface area contributed by atoms with E-state index < -0.39 is 0 Å². The van der Waals surface area contributed by atoms with Crippen molar-refractivity contribution in [1.29, 1.82) is 0 Å². The van der Waals surface area contributed by atoms with Gasteiger partial charge in [-0.1, -0.05) is 12.8 Å². The van der Waals surface area contributed by atoms with Crippen LogP contribution >= 0.6 is 0 Å². The number of hydrogen-bond donors (Lipinski definition) is 1. The fraction of sp³-hybridized carbons (Fsp3) is 0.500. The Morgan fingerprint density at radius 3 is 2.60 bits per heavy atom. The van der Waals surface area contributed by atoms with Crippen molar-refractivity contribution >= 4 is 5.91 Å². The number of ether oxygens (including phenoxy) is 1. The average Bonchev–Trinajstić information content (AvgIpc) is 3.34. The molecule has 1 saturated heterocycles. The molecule has 0 bridgehead atoms. The molecule has 2 aliphatic rings. The number of aryl methyl sites for hydroxylation is 1. The van der Waals surface area contributed by atoms with E-state index in [1.54, 1.807) is 7.11 Å². The molecule has 1 aliphatic carbocycles. The molecule has 0 spiro atoms. The summed E-state index contributed by atoms with van der Waals surface area (Å²) in [6.45, 7) is 2.85. The van der Waals surface area contributed by atoms with Gasteiger partial charge in [0.15, 0.2) is 0 Å². The number of carbonyl (C=O) groups excluding carboxylic acids is 1. The highest BCUT2D eigenvalue weighted by Gasteiger charge is 2.37. The Bertz CT molecular complexity index is 760. The molecule has 2 heterocycles. The summed E-state index contributed by atoms with van der Waals surface area (Å²) in [5.74, 6) is 2.25. The molecule has 1 N–H and O–H groups in total. The molecule has 0 radical (unpaired) electrons. The van der Waals surface area contributed by atoms with Gasteiger partial charge in [0.05, 0.1) is 12.8 Å². The Morgan fingerprint density at radius 1 is 1.20 bits per heavy atom. The number of aromatic amines is 1. The summed E-state index contributed by atoms with van der Waals surface area (Å²) >= 11 is 0. The smallest absolute Gasteiger partial charge is 0.223 e. The summed E-state index contributed by atoms with van der Waals surface area (Å²) in [6.07, 6.45) is 5.40. The Hall–Kier alpha value is -2.30. The molecule has 25 heavy (non-hydrogen) atoms. The van der Waals surface area contributed by atoms with Crippen LogP contribution in [-0.2, 0) is 4.79 Å². The SMILES string of the molecule is COc1ccc(-c2nc([C@@H]3CC(=O)N(C4CCCC4)C3)[nH]c2C)cc1. The minimum Gasteiger partial charge on any atom is -0.497 e. The number of aromatic nitrogens is 2. The minimum atomic E-state index is 0.179. The van der Waals surface area contributed by atoms with Gasteiger partial charge in [0.1, 0.15) is 11.6 Å². The van der Waals surface area contributed by atoms with E-state index in [2.05, 4.69) is 9.88 Å². The number of rotatable bonds is 4. The molecule has 1 aliphatic heterocycles. The van der Waals surface area contributed by atoms with Crippen LogP contribution in [0, 0.1) is 6.92 Å². The van der Waals surface area contributed by atoms with Crippen LogP contribution in [0.2, 0.25) is 0 Å². The lowest BCUT2D eigenvalue weighted by atomic mass is 10.1. The summed E-state index contributed by atoms with van der Waals surface area (Å²) in [5, 5.41) is 0. The number of hydrogen-bond acceptors (Lipinski definition) is 3. The Balaban J connectivity index is 1.54. The molecular weight excluding hydrogens is 314 g/mol. The van der Waals surface area contributed by atoms with E-state index in [9.17, 15) is 4.79 Å². The van der Waals surface area contributed by atoms with E-state index in [0.717, 1.165) is 47.9 Å². The monoisotopic (exact) mass is 339 g/mol. The number of imidazole rings is 1. The molecule has 4 rings (SSSR count). The van der Waals surface area contributed by atoms with Crippen molar-refractivity contribution in [3.63, 3.8) is 0 Å². The van der Waals surface area contributed by atoms with Gasteiger partial charge in [-0.3, -0.25) is 4.79 Å². The van der Waals surface area contributed by atoms with Crippen molar-refractivity contribution in [2.24, 2.45) is 0 Å². The highest BCUT2D eigenvalue weighted by Crippen LogP contribution is 2.34. The average molecular weight is 339 g/mol. The Labute approximate surface area is 148 Å². The fourth-order valence-electron chi connectivity index (χ4n) is 4.19. The molecule has 1 atom stereocenters. The minimum absolute atomic E-state index is 0.179. The molecule has 5 nitrogen and oxygen atoms in total. The number of H-pyrrole nitrogens is 1. The zero-order valence-electron chi connectivity index (χ0n) is 14.9. The lowest BCUT2D eigenvalue weighted by Gasteiger charge is -2.23. The number of nitrogens with zero attached hydrogens (tertiary/aromatic N) is 2. The van der Waals surface area contributed by atoms with E-state index >= 15 is 0 Å². The molecule has 2 aromatic rings. The number of nitrogens with one attached hydrogen (secondary N) is 1. The molecule has 2 fully saturated rings. The summed E-state index contributed by atoms with van der Waals surface area (Å²) in [4.78, 5) is 22.8. The highest BCUT2D eigenvalue weighted by atomic mass is 16.5. The van der Waals surface area contributed by atoms with Crippen molar-refractivity contribution in [3.05, 3.63) is 35.8 Å². The maximum atomic E-state index is 12.4. The van der Waals surface area contributed by atoms with Gasteiger partial charge in [-0.05, 0) is 44.0 Å². The van der Waals surface area contributed by atoms with Gasteiger partial charge in [0.25, 0.3) is 0 Å². The lowest BCUT2D eigenvalue weighted by Crippen LogP contribution is -2.34. The summed E-state index contributed by atoms with van der Waals surface area (Å²) in [5.41, 5.74) is 3.08. The summed E-state index contributed by atoms with van der Waals surface area (Å²) in [7, 11) is 1.67. The predicted octanol–water partition coefficient (Wildman–Crippen LogP) is 3.65. The van der Waals surface area contributed by atoms with Crippen molar-refractivity contribution in [3.8, 4) is 17.0 Å². The second-order valence-electron chi connectivity index (χ2n) is 7.21. The molecule has 1 amide bonds. The zero-order valence-corrected chi connectivity index (χ0v) is 14.9. The van der Waals surface area contributed by atoms with Crippen LogP contribution in [0.25, 0.3) is 11.3 Å². The summed E-state index contributed by atoms with van der Waals surface area (Å²) in [6, 6.07) is 8.40. The topological polar surface area (TPSA) is 58.2 Å². The first-order valence-corrected chi connectivity index (χ1v) is 9.16. The number of carbonyl (C=O) groups is 1. The quantitative estimate of drug-likeness (QED) is 0.925. The van der Waals surface area contributed by atoms with Crippen molar-refractivity contribution in [2.75, 3.05) is 13.7 Å². The third kappa shape index (κ3) is 3.03. The lowest BCUT2D eigenvalue weighted by molar-refractivity contribution is -0.129. The zero-order chi connectivity index (χ0) is 17.4. The van der Waals surface area contributed by atoms with Crippen molar-refractivity contribution < 1.29 is 9.53 Å². The van der Waals surface area contributed by atoms with Crippen LogP contribution in [0.3, 0.4) is 0 Å². The van der Waals surface area contributed by atoms with E-state index in [1.165, 1.54) is 12.8 Å². The molecule has 0 unspecified atom stereocenters. The van der Waals surface area contributed by atoms with Crippen LogP contribution in [0.1, 0.15) is 49.5 Å². The molecule has 1 saturated carbocycles. The predicted molar refractivity (Wildman–Crippen MR) is 96.6 cm³/mol. The van der Waals surface area contributed by atoms with Gasteiger partial charge < -0.3 is 14.6 Å². The van der Waals surface area contributed by atoms with Crippen LogP contribution in [0.15, 0.2) is 24.3 Å². The van der Waals surface area contributed by atoms with Gasteiger partial charge in [0, 0.05) is 36.2 Å². The Morgan fingerprint density at radius 2 is 1.92 bits per heavy atom. The highest BCUT2D eigenvalue weighted by molar-refractivity contribution is 5.80. The normalized spacial score (nSPS) is 21.3. The van der Waals surface area contributed by atoms with Crippen LogP contribution in [0.4, 0.5) is 0 Å². The van der Waals surface area contributed by atoms with Gasteiger partial charge in [-0.15, -0.1) is 0 Å². The van der Waals surface area contributed by atoms with Crippen LogP contribution in [0.5, 0.6) is 5.75 Å². The van der Waals surface area contributed by atoms with E-state index in [1.807, 2.05) is 31.2 Å². The fourth-order valence-corrected chi connectivity index (χ4v) is 4.19. The van der Waals surface area contributed by atoms with Gasteiger partial charge in [0.2, 0.25) is 5.91 Å². The Kier molecular flexibility index (Phi) is 4.24. The summed E-state index contributed by atoms with van der Waals surface area (Å²) < 4.78 is 5.22.